The summed E-state index contributed by atoms with van der Waals surface area (Å²) in [6, 6.07) is 0. The molecule has 6 heteroatoms. The molecule has 3 N–H and O–H groups in total. The van der Waals surface area contributed by atoms with Crippen LogP contribution in [0.3, 0.4) is 0 Å². The number of amides is 2. The van der Waals surface area contributed by atoms with E-state index in [0.29, 0.717) is 11.8 Å². The third kappa shape index (κ3) is 8.21. The molecule has 0 radical (unpaired) electrons. The van der Waals surface area contributed by atoms with Crippen LogP contribution in [0, 0.1) is 11.8 Å². The fourth-order valence-electron chi connectivity index (χ4n) is 2.95. The van der Waals surface area contributed by atoms with E-state index < -0.39 is 11.7 Å². The van der Waals surface area contributed by atoms with Crippen molar-refractivity contribution in [3.05, 3.63) is 0 Å². The first-order valence-electron chi connectivity index (χ1n) is 8.67. The minimum atomic E-state index is -0.725. The Bertz CT molecular complexity index is 379. The van der Waals surface area contributed by atoms with Gasteiger partial charge >= 0.3 is 6.09 Å². The van der Waals surface area contributed by atoms with Crippen LogP contribution in [-0.4, -0.2) is 48.7 Å². The number of carbonyl (C=O) groups is 2. The Labute approximate surface area is 140 Å². The van der Waals surface area contributed by atoms with Crippen LogP contribution in [0.4, 0.5) is 4.79 Å². The molecule has 23 heavy (non-hydrogen) atoms. The maximum Gasteiger partial charge on any atom is 0.405 e. The highest BCUT2D eigenvalue weighted by Gasteiger charge is 2.28. The lowest BCUT2D eigenvalue weighted by Crippen LogP contribution is -2.48. The molecule has 0 atom stereocenters. The van der Waals surface area contributed by atoms with Gasteiger partial charge in [0.15, 0.2) is 0 Å². The molecule has 2 amide bonds. The zero-order valence-electron chi connectivity index (χ0n) is 15.1. The highest BCUT2D eigenvalue weighted by molar-refractivity contribution is 5.79. The normalized spacial score (nSPS) is 25.1. The van der Waals surface area contributed by atoms with Crippen molar-refractivity contribution in [2.45, 2.75) is 59.0 Å². The molecule has 6 nitrogen and oxygen atoms in total. The van der Waals surface area contributed by atoms with Crippen LogP contribution < -0.4 is 11.1 Å². The molecule has 0 aromatic carbocycles. The maximum absolute atomic E-state index is 12.2. The molecule has 1 saturated carbocycles. The molecular weight excluding hydrogens is 294 g/mol. The number of nitrogens with zero attached hydrogens (tertiary/aromatic N) is 1. The summed E-state index contributed by atoms with van der Waals surface area (Å²) < 4.78 is 4.58. The first-order chi connectivity index (χ1) is 10.7. The molecule has 0 bridgehead atoms. The van der Waals surface area contributed by atoms with Crippen molar-refractivity contribution < 1.29 is 14.3 Å². The van der Waals surface area contributed by atoms with E-state index >= 15 is 0 Å². The van der Waals surface area contributed by atoms with E-state index in [0.717, 1.165) is 44.9 Å². The lowest BCUT2D eigenvalue weighted by Gasteiger charge is -2.33. The monoisotopic (exact) mass is 327 g/mol. The Morgan fingerprint density at radius 3 is 2.00 bits per heavy atom. The summed E-state index contributed by atoms with van der Waals surface area (Å²) in [5, 5.41) is 3.29. The van der Waals surface area contributed by atoms with E-state index in [1.807, 2.05) is 0 Å². The van der Waals surface area contributed by atoms with E-state index in [2.05, 4.69) is 21.9 Å². The van der Waals surface area contributed by atoms with Gasteiger partial charge in [-0.3, -0.25) is 4.79 Å². The predicted octanol–water partition coefficient (Wildman–Crippen LogP) is 2.12. The van der Waals surface area contributed by atoms with Crippen LogP contribution in [0.5, 0.6) is 0 Å². The second-order valence-electron chi connectivity index (χ2n) is 7.57. The molecule has 2 rings (SSSR count). The van der Waals surface area contributed by atoms with Crippen LogP contribution >= 0.6 is 0 Å². The van der Waals surface area contributed by atoms with Crippen LogP contribution in [0.25, 0.3) is 0 Å². The molecule has 134 valence electrons. The van der Waals surface area contributed by atoms with Crippen LogP contribution in [0.2, 0.25) is 0 Å². The predicted molar refractivity (Wildman–Crippen MR) is 91.0 cm³/mol. The van der Waals surface area contributed by atoms with Gasteiger partial charge in [-0.1, -0.05) is 6.92 Å². The molecular formula is C17H33N3O3. The summed E-state index contributed by atoms with van der Waals surface area (Å²) in [6.07, 6.45) is 3.98. The third-order valence-corrected chi connectivity index (χ3v) is 4.20. The number of primary amides is 1. The van der Waals surface area contributed by atoms with E-state index in [-0.39, 0.29) is 0 Å². The van der Waals surface area contributed by atoms with Gasteiger partial charge in [0.2, 0.25) is 5.91 Å². The fourth-order valence-corrected chi connectivity index (χ4v) is 2.95. The van der Waals surface area contributed by atoms with Crippen molar-refractivity contribution >= 4 is 12.0 Å². The van der Waals surface area contributed by atoms with Crippen molar-refractivity contribution in [3.8, 4) is 0 Å². The van der Waals surface area contributed by atoms with Crippen molar-refractivity contribution in [1.82, 2.24) is 10.2 Å². The number of hydrogen-bond donors (Lipinski definition) is 2. The number of hydrogen-bond acceptors (Lipinski definition) is 4. The first-order valence-corrected chi connectivity index (χ1v) is 8.67. The lowest BCUT2D eigenvalue weighted by atomic mass is 9.82. The quantitative estimate of drug-likeness (QED) is 0.772. The summed E-state index contributed by atoms with van der Waals surface area (Å²) in [5.74, 6) is 1.58. The summed E-state index contributed by atoms with van der Waals surface area (Å²) in [7, 11) is 0. The summed E-state index contributed by atoms with van der Waals surface area (Å²) in [5.41, 5.74) is 4.26. The Morgan fingerprint density at radius 2 is 1.61 bits per heavy atom. The summed E-state index contributed by atoms with van der Waals surface area (Å²) in [4.78, 5) is 24.2. The van der Waals surface area contributed by atoms with Gasteiger partial charge in [-0.2, -0.15) is 0 Å². The minimum Gasteiger partial charge on any atom is -0.444 e. The highest BCUT2D eigenvalue weighted by Crippen LogP contribution is 2.29. The van der Waals surface area contributed by atoms with E-state index in [1.54, 1.807) is 20.8 Å². The first kappa shape index (κ1) is 19.7. The zero-order valence-corrected chi connectivity index (χ0v) is 15.1. The minimum absolute atomic E-state index is 0.333. The average Bonchev–Trinajstić information content (AvgIpc) is 2.46. The summed E-state index contributed by atoms with van der Waals surface area (Å²) >= 11 is 0. The van der Waals surface area contributed by atoms with Crippen LogP contribution in [0.15, 0.2) is 0 Å². The molecule has 0 aromatic rings. The van der Waals surface area contributed by atoms with Crippen molar-refractivity contribution in [3.63, 3.8) is 0 Å². The molecule has 1 aliphatic heterocycles. The largest absolute Gasteiger partial charge is 0.444 e. The van der Waals surface area contributed by atoms with Gasteiger partial charge in [0, 0.05) is 32.1 Å². The molecule has 2 aliphatic rings. The Hall–Kier alpha value is -1.30. The molecule has 1 aliphatic carbocycles. The van der Waals surface area contributed by atoms with Crippen LogP contribution in [-0.2, 0) is 9.53 Å². The average molecular weight is 327 g/mol. The molecule has 0 spiro atoms. The molecule has 1 saturated heterocycles. The van der Waals surface area contributed by atoms with Crippen molar-refractivity contribution in [1.29, 1.82) is 0 Å². The van der Waals surface area contributed by atoms with Crippen LogP contribution in [0.1, 0.15) is 53.4 Å². The van der Waals surface area contributed by atoms with Crippen molar-refractivity contribution in [2.24, 2.45) is 17.6 Å². The number of nitrogens with one attached hydrogen (secondary N) is 1. The zero-order chi connectivity index (χ0) is 17.5. The molecule has 0 unspecified atom stereocenters. The summed E-state index contributed by atoms with van der Waals surface area (Å²) in [6.45, 7) is 11.3. The number of ether oxygens (including phenoxy) is 1. The van der Waals surface area contributed by atoms with Gasteiger partial charge in [-0.25, -0.2) is 4.79 Å². The second kappa shape index (κ2) is 9.11. The standard InChI is InChI=1S/C12H22N2O.C5H11NO2/c1-10-2-4-11(5-3-10)12(15)14-8-6-13-7-9-14;1-5(2,3)8-4(6)7/h10-11,13H,2-9H2,1H3;1-3H3,(H2,6,7). The van der Waals surface area contributed by atoms with E-state index in [9.17, 15) is 9.59 Å². The second-order valence-corrected chi connectivity index (χ2v) is 7.57. The topological polar surface area (TPSA) is 84.7 Å². The smallest absolute Gasteiger partial charge is 0.405 e. The lowest BCUT2D eigenvalue weighted by molar-refractivity contribution is -0.137. The van der Waals surface area contributed by atoms with Gasteiger partial charge in [-0.15, -0.1) is 0 Å². The Kier molecular flexibility index (Phi) is 7.82. The Morgan fingerprint density at radius 1 is 1.09 bits per heavy atom. The van der Waals surface area contributed by atoms with Gasteiger partial charge in [0.25, 0.3) is 0 Å². The SMILES string of the molecule is CC(C)(C)OC(N)=O.CC1CCC(C(=O)N2CCNCC2)CC1. The van der Waals surface area contributed by atoms with Gasteiger partial charge in [0.1, 0.15) is 5.60 Å². The molecule has 1 heterocycles. The van der Waals surface area contributed by atoms with E-state index in [1.165, 1.54) is 12.8 Å². The number of piperazine rings is 1. The van der Waals surface area contributed by atoms with Gasteiger partial charge in [-0.05, 0) is 52.4 Å². The van der Waals surface area contributed by atoms with E-state index in [4.69, 9.17) is 5.73 Å². The van der Waals surface area contributed by atoms with Gasteiger partial charge < -0.3 is 20.7 Å². The highest BCUT2D eigenvalue weighted by atomic mass is 16.6. The number of rotatable bonds is 1. The molecule has 2 fully saturated rings. The van der Waals surface area contributed by atoms with Gasteiger partial charge in [0.05, 0.1) is 0 Å². The number of carbonyl (C=O) groups excluding carboxylic acids is 2. The maximum atomic E-state index is 12.2. The fraction of sp³-hybridized carbons (Fsp3) is 0.882. The van der Waals surface area contributed by atoms with Crippen molar-refractivity contribution in [2.75, 3.05) is 26.2 Å². The number of nitrogens with two attached hydrogens (primary N) is 1. The third-order valence-electron chi connectivity index (χ3n) is 4.20. The molecule has 0 aromatic heterocycles. The Balaban J connectivity index is 0.000000284.